The van der Waals surface area contributed by atoms with E-state index in [1.807, 2.05) is 0 Å². The van der Waals surface area contributed by atoms with Gasteiger partial charge in [0.05, 0.1) is 29.9 Å². The molecule has 1 heterocycles. The van der Waals surface area contributed by atoms with Gasteiger partial charge >= 0.3 is 18.2 Å². The Morgan fingerprint density at radius 2 is 1.64 bits per heavy atom. The third kappa shape index (κ3) is 15.1. The summed E-state index contributed by atoms with van der Waals surface area (Å²) in [5.74, 6) is -2.09. The Bertz CT molecular complexity index is 1730. The summed E-state index contributed by atoms with van der Waals surface area (Å²) in [6, 6.07) is 8.10. The molecule has 13 nitrogen and oxygen atoms in total. The molecule has 53 heavy (non-hydrogen) atoms. The SMILES string of the molecule is CC(=O)N(NCc1cccc(F)c1Cl)[C@@H](CCCCOC(=O)[C@H](COC(C)(C)C)NC(=O)OC(C)(C)C)COC(=O)Nc1cc2cc(F)ccc2cn1. The van der Waals surface area contributed by atoms with Crippen molar-refractivity contribution in [3.8, 4) is 0 Å². The maximum Gasteiger partial charge on any atom is 0.412 e. The summed E-state index contributed by atoms with van der Waals surface area (Å²) in [5, 5.41) is 7.36. The van der Waals surface area contributed by atoms with Crippen LogP contribution in [0.2, 0.25) is 5.02 Å². The number of unbranched alkanes of at least 4 members (excludes halogenated alkanes) is 1. The first-order valence-electron chi connectivity index (χ1n) is 17.1. The molecule has 2 atom stereocenters. The lowest BCUT2D eigenvalue weighted by Crippen LogP contribution is -2.50. The maximum absolute atomic E-state index is 14.1. The van der Waals surface area contributed by atoms with Gasteiger partial charge in [-0.2, -0.15) is 0 Å². The summed E-state index contributed by atoms with van der Waals surface area (Å²) in [6.07, 6.45) is 0.818. The lowest BCUT2D eigenvalue weighted by molar-refractivity contribution is -0.149. The van der Waals surface area contributed by atoms with Crippen LogP contribution in [0.1, 0.15) is 73.3 Å². The van der Waals surface area contributed by atoms with E-state index in [9.17, 15) is 28.0 Å². The topological polar surface area (TPSA) is 157 Å². The molecule has 1 aromatic heterocycles. The molecule has 0 aliphatic rings. The summed E-state index contributed by atoms with van der Waals surface area (Å²) in [6.45, 7) is 11.3. The molecule has 0 saturated heterocycles. The summed E-state index contributed by atoms with van der Waals surface area (Å²) in [4.78, 5) is 55.2. The van der Waals surface area contributed by atoms with E-state index >= 15 is 0 Å². The van der Waals surface area contributed by atoms with Gasteiger partial charge in [-0.05, 0) is 102 Å². The number of carbonyl (C=O) groups excluding carboxylic acids is 4. The molecule has 0 unspecified atom stereocenters. The van der Waals surface area contributed by atoms with Crippen LogP contribution in [-0.2, 0) is 35.1 Å². The molecule has 3 rings (SSSR count). The monoisotopic (exact) mass is 763 g/mol. The van der Waals surface area contributed by atoms with Gasteiger partial charge in [-0.1, -0.05) is 23.7 Å². The predicted octanol–water partition coefficient (Wildman–Crippen LogP) is 7.06. The van der Waals surface area contributed by atoms with Crippen LogP contribution in [0.3, 0.4) is 0 Å². The Morgan fingerprint density at radius 3 is 2.32 bits per heavy atom. The zero-order valence-electron chi connectivity index (χ0n) is 31.0. The highest BCUT2D eigenvalue weighted by Gasteiger charge is 2.28. The molecule has 0 bridgehead atoms. The zero-order valence-corrected chi connectivity index (χ0v) is 31.8. The minimum atomic E-state index is -1.13. The number of hydrogen-bond acceptors (Lipinski definition) is 10. The molecule has 0 fully saturated rings. The molecule has 3 N–H and O–H groups in total. The Labute approximate surface area is 313 Å². The summed E-state index contributed by atoms with van der Waals surface area (Å²) < 4.78 is 49.8. The molecule has 3 amide bonds. The smallest absolute Gasteiger partial charge is 0.412 e. The standard InChI is InChI=1S/C37H48ClF2N5O8/c1-23(46)45(42-20-25-11-10-13-29(40)32(25)38)28(21-51-34(48)44-31-18-26-17-27(39)15-14-24(26)19-41-31)12-8-9-16-50-33(47)30(22-52-36(2,3)4)43-35(49)53-37(5,6)7/h10-11,13-15,17-19,28,30,42H,8-9,12,16,20-22H2,1-7H3,(H,43,49)(H,41,44,48)/t28-,30-/m0/s1. The van der Waals surface area contributed by atoms with E-state index in [1.165, 1.54) is 48.5 Å². The number of hydrazine groups is 1. The van der Waals surface area contributed by atoms with Crippen LogP contribution < -0.4 is 16.1 Å². The molecule has 16 heteroatoms. The number of ether oxygens (including phenoxy) is 4. The number of alkyl carbamates (subject to hydrolysis) is 1. The second kappa shape index (κ2) is 19.5. The molecular formula is C37H48ClF2N5O8. The van der Waals surface area contributed by atoms with E-state index in [0.717, 1.165) is 0 Å². The highest BCUT2D eigenvalue weighted by molar-refractivity contribution is 6.31. The Morgan fingerprint density at radius 1 is 0.906 bits per heavy atom. The fourth-order valence-corrected chi connectivity index (χ4v) is 5.03. The van der Waals surface area contributed by atoms with Crippen LogP contribution >= 0.6 is 11.6 Å². The molecule has 0 radical (unpaired) electrons. The minimum Gasteiger partial charge on any atom is -0.464 e. The largest absolute Gasteiger partial charge is 0.464 e. The van der Waals surface area contributed by atoms with Crippen LogP contribution in [0.4, 0.5) is 24.2 Å². The van der Waals surface area contributed by atoms with E-state index in [4.69, 9.17) is 30.5 Å². The molecular weight excluding hydrogens is 716 g/mol. The fraction of sp³-hybridized carbons (Fsp3) is 0.486. The minimum absolute atomic E-state index is 0.0171. The van der Waals surface area contributed by atoms with Gasteiger partial charge in [-0.25, -0.2) is 33.6 Å². The highest BCUT2D eigenvalue weighted by atomic mass is 35.5. The third-order valence-electron chi connectivity index (χ3n) is 7.33. The number of amides is 3. The number of anilines is 1. The van der Waals surface area contributed by atoms with Gasteiger partial charge in [0.1, 0.15) is 29.7 Å². The number of fused-ring (bicyclic) bond motifs is 1. The van der Waals surface area contributed by atoms with Crippen LogP contribution in [0.5, 0.6) is 0 Å². The average molecular weight is 764 g/mol. The number of rotatable bonds is 16. The first kappa shape index (κ1) is 42.8. The van der Waals surface area contributed by atoms with Crippen molar-refractivity contribution in [2.75, 3.05) is 25.1 Å². The number of pyridine rings is 1. The van der Waals surface area contributed by atoms with E-state index < -0.39 is 59.0 Å². The van der Waals surface area contributed by atoms with Crippen molar-refractivity contribution in [1.29, 1.82) is 0 Å². The average Bonchev–Trinajstić information content (AvgIpc) is 3.05. The Balaban J connectivity index is 1.66. The number of nitrogens with zero attached hydrogens (tertiary/aromatic N) is 2. The second-order valence-corrected chi connectivity index (χ2v) is 14.5. The van der Waals surface area contributed by atoms with Gasteiger partial charge in [-0.15, -0.1) is 0 Å². The Kier molecular flexibility index (Phi) is 15.7. The molecule has 0 spiro atoms. The molecule has 3 aromatic rings. The maximum atomic E-state index is 14.1. The van der Waals surface area contributed by atoms with Crippen molar-refractivity contribution >= 4 is 52.3 Å². The number of esters is 1. The Hall–Kier alpha value is -4.60. The number of benzene rings is 2. The van der Waals surface area contributed by atoms with Crippen LogP contribution in [-0.4, -0.2) is 77.2 Å². The van der Waals surface area contributed by atoms with E-state index in [0.29, 0.717) is 29.2 Å². The molecule has 0 saturated carbocycles. The van der Waals surface area contributed by atoms with Crippen LogP contribution in [0.25, 0.3) is 10.8 Å². The van der Waals surface area contributed by atoms with Gasteiger partial charge in [0.15, 0.2) is 6.04 Å². The molecule has 0 aliphatic carbocycles. The quantitative estimate of drug-likeness (QED) is 0.0597. The van der Waals surface area contributed by atoms with Crippen molar-refractivity contribution in [2.24, 2.45) is 0 Å². The van der Waals surface area contributed by atoms with Crippen LogP contribution in [0, 0.1) is 11.6 Å². The predicted molar refractivity (Wildman–Crippen MR) is 195 cm³/mol. The van der Waals surface area contributed by atoms with Crippen molar-refractivity contribution in [1.82, 2.24) is 20.7 Å². The van der Waals surface area contributed by atoms with E-state index in [1.54, 1.807) is 53.7 Å². The van der Waals surface area contributed by atoms with E-state index in [-0.39, 0.29) is 43.6 Å². The van der Waals surface area contributed by atoms with Gasteiger partial charge in [0.2, 0.25) is 5.91 Å². The molecule has 2 aromatic carbocycles. The van der Waals surface area contributed by atoms with Gasteiger partial charge in [0, 0.05) is 25.1 Å². The van der Waals surface area contributed by atoms with Crippen molar-refractivity contribution in [2.45, 2.75) is 97.6 Å². The first-order chi connectivity index (χ1) is 24.8. The number of halogens is 3. The van der Waals surface area contributed by atoms with Gasteiger partial charge in [-0.3, -0.25) is 15.1 Å². The lowest BCUT2D eigenvalue weighted by Gasteiger charge is -2.31. The summed E-state index contributed by atoms with van der Waals surface area (Å²) in [7, 11) is 0. The first-order valence-corrected chi connectivity index (χ1v) is 17.4. The normalized spacial score (nSPS) is 12.8. The number of aromatic nitrogens is 1. The fourth-order valence-electron chi connectivity index (χ4n) is 4.84. The highest BCUT2D eigenvalue weighted by Crippen LogP contribution is 2.21. The third-order valence-corrected chi connectivity index (χ3v) is 7.75. The lowest BCUT2D eigenvalue weighted by atomic mass is 10.1. The second-order valence-electron chi connectivity index (χ2n) is 14.2. The summed E-state index contributed by atoms with van der Waals surface area (Å²) >= 11 is 6.12. The summed E-state index contributed by atoms with van der Waals surface area (Å²) in [5.41, 5.74) is 1.97. The molecule has 0 aliphatic heterocycles. The van der Waals surface area contributed by atoms with Gasteiger partial charge < -0.3 is 24.3 Å². The van der Waals surface area contributed by atoms with Gasteiger partial charge in [0.25, 0.3) is 0 Å². The van der Waals surface area contributed by atoms with E-state index in [2.05, 4.69) is 21.0 Å². The van der Waals surface area contributed by atoms with Crippen molar-refractivity contribution in [3.63, 3.8) is 0 Å². The molecule has 290 valence electrons. The van der Waals surface area contributed by atoms with Crippen LogP contribution in [0.15, 0.2) is 48.7 Å². The zero-order chi connectivity index (χ0) is 39.3. The van der Waals surface area contributed by atoms with Crippen molar-refractivity contribution in [3.05, 3.63) is 70.9 Å². The van der Waals surface area contributed by atoms with Crippen molar-refractivity contribution < 1.29 is 46.9 Å². The number of hydrogen-bond donors (Lipinski definition) is 3. The number of nitrogens with one attached hydrogen (secondary N) is 3. The number of carbonyl (C=O) groups is 4.